The second kappa shape index (κ2) is 8.25. The van der Waals surface area contributed by atoms with E-state index >= 15 is 0 Å². The third kappa shape index (κ3) is 3.79. The Kier molecular flexibility index (Phi) is 5.51. The molecule has 0 bridgehead atoms. The smallest absolute Gasteiger partial charge is 0.363 e. The molecule has 3 aromatic carbocycles. The Morgan fingerprint density at radius 3 is 2.40 bits per heavy atom. The van der Waals surface area contributed by atoms with Crippen LogP contribution in [0.1, 0.15) is 28.5 Å². The number of nitrogens with zero attached hydrogens (tertiary/aromatic N) is 1. The molecule has 4 rings (SSSR count). The van der Waals surface area contributed by atoms with E-state index in [4.69, 9.17) is 21.2 Å². The van der Waals surface area contributed by atoms with Crippen LogP contribution in [0.25, 0.3) is 22.0 Å². The second-order valence-electron chi connectivity index (χ2n) is 7.12. The van der Waals surface area contributed by atoms with Crippen molar-refractivity contribution in [3.63, 3.8) is 0 Å². The van der Waals surface area contributed by atoms with Crippen LogP contribution in [0.3, 0.4) is 0 Å². The van der Waals surface area contributed by atoms with Gasteiger partial charge in [0, 0.05) is 10.4 Å². The molecule has 0 atom stereocenters. The van der Waals surface area contributed by atoms with Crippen molar-refractivity contribution >= 4 is 28.5 Å². The quantitative estimate of drug-likeness (QED) is 0.392. The highest BCUT2D eigenvalue weighted by Crippen LogP contribution is 2.27. The monoisotopic (exact) mass is 419 g/mol. The van der Waals surface area contributed by atoms with Crippen LogP contribution in [0, 0.1) is 6.92 Å². The van der Waals surface area contributed by atoms with Crippen molar-refractivity contribution in [2.75, 3.05) is 7.11 Å². The summed E-state index contributed by atoms with van der Waals surface area (Å²) in [5.74, 6) is 0.346. The van der Waals surface area contributed by atoms with Gasteiger partial charge in [0.25, 0.3) is 0 Å². The Balaban J connectivity index is 1.58. The number of carbonyl (C=O) groups is 1. The summed E-state index contributed by atoms with van der Waals surface area (Å²) in [6, 6.07) is 21.0. The molecule has 0 spiro atoms. The summed E-state index contributed by atoms with van der Waals surface area (Å²) in [4.78, 5) is 18.4. The normalized spacial score (nSPS) is 10.9. The standard InChI is InChI=1S/C25H22ClNO3/c1-4-17-14-20(9-11-23(17)26)18-5-7-19(8-6-18)25(28)30-27-16(2)13-21-15-22(29-3)10-12-24(21)27/h5-15H,4H2,1-3H3. The first-order chi connectivity index (χ1) is 14.5. The predicted molar refractivity (Wildman–Crippen MR) is 120 cm³/mol. The van der Waals surface area contributed by atoms with Crippen LogP contribution in [0.15, 0.2) is 66.7 Å². The molecular formula is C25H22ClNO3. The van der Waals surface area contributed by atoms with Crippen LogP contribution in [0.2, 0.25) is 5.02 Å². The highest BCUT2D eigenvalue weighted by molar-refractivity contribution is 6.31. The molecule has 0 amide bonds. The molecule has 0 fully saturated rings. The molecule has 0 N–H and O–H groups in total. The fraction of sp³-hybridized carbons (Fsp3) is 0.160. The lowest BCUT2D eigenvalue weighted by molar-refractivity contribution is 0.0474. The van der Waals surface area contributed by atoms with E-state index in [1.54, 1.807) is 24.0 Å². The van der Waals surface area contributed by atoms with E-state index in [0.717, 1.165) is 50.5 Å². The van der Waals surface area contributed by atoms with E-state index in [1.165, 1.54) is 0 Å². The van der Waals surface area contributed by atoms with Crippen LogP contribution in [0.5, 0.6) is 5.75 Å². The summed E-state index contributed by atoms with van der Waals surface area (Å²) in [7, 11) is 1.63. The molecule has 4 aromatic rings. The van der Waals surface area contributed by atoms with Gasteiger partial charge in [0.05, 0.1) is 23.9 Å². The number of ether oxygens (including phenoxy) is 1. The molecule has 1 aromatic heterocycles. The van der Waals surface area contributed by atoms with E-state index in [9.17, 15) is 4.79 Å². The number of halogens is 1. The molecule has 152 valence electrons. The second-order valence-corrected chi connectivity index (χ2v) is 7.53. The molecule has 0 unspecified atom stereocenters. The maximum absolute atomic E-state index is 12.7. The number of benzene rings is 3. The topological polar surface area (TPSA) is 40.5 Å². The summed E-state index contributed by atoms with van der Waals surface area (Å²) in [6.45, 7) is 3.97. The first-order valence-electron chi connectivity index (χ1n) is 9.77. The largest absolute Gasteiger partial charge is 0.497 e. The van der Waals surface area contributed by atoms with E-state index in [1.807, 2.05) is 55.5 Å². The summed E-state index contributed by atoms with van der Waals surface area (Å²) in [5.41, 5.74) is 5.32. The molecule has 1 heterocycles. The summed E-state index contributed by atoms with van der Waals surface area (Å²) >= 11 is 6.22. The van der Waals surface area contributed by atoms with E-state index in [0.29, 0.717) is 5.56 Å². The zero-order valence-corrected chi connectivity index (χ0v) is 17.9. The van der Waals surface area contributed by atoms with Crippen molar-refractivity contribution in [3.05, 3.63) is 88.6 Å². The predicted octanol–water partition coefficient (Wildman–Crippen LogP) is 6.11. The minimum atomic E-state index is -0.414. The van der Waals surface area contributed by atoms with Gasteiger partial charge in [0.2, 0.25) is 0 Å². The number of methoxy groups -OCH3 is 1. The highest BCUT2D eigenvalue weighted by atomic mass is 35.5. The van der Waals surface area contributed by atoms with Gasteiger partial charge in [-0.3, -0.25) is 0 Å². The lowest BCUT2D eigenvalue weighted by atomic mass is 10.0. The molecule has 0 aliphatic rings. The molecule has 4 nitrogen and oxygen atoms in total. The molecule has 0 saturated carbocycles. The zero-order chi connectivity index (χ0) is 21.3. The average Bonchev–Trinajstić information content (AvgIpc) is 3.08. The Morgan fingerprint density at radius 2 is 1.70 bits per heavy atom. The Hall–Kier alpha value is -3.24. The van der Waals surface area contributed by atoms with Crippen molar-refractivity contribution < 1.29 is 14.4 Å². The highest BCUT2D eigenvalue weighted by Gasteiger charge is 2.14. The molecule has 0 radical (unpaired) electrons. The van der Waals surface area contributed by atoms with Crippen molar-refractivity contribution in [2.45, 2.75) is 20.3 Å². The van der Waals surface area contributed by atoms with Crippen LogP contribution < -0.4 is 9.57 Å². The molecule has 0 aliphatic heterocycles. The first-order valence-corrected chi connectivity index (χ1v) is 10.2. The number of fused-ring (bicyclic) bond motifs is 1. The Labute approximate surface area is 180 Å². The minimum Gasteiger partial charge on any atom is -0.497 e. The fourth-order valence-corrected chi connectivity index (χ4v) is 3.77. The van der Waals surface area contributed by atoms with Gasteiger partial charge in [-0.2, -0.15) is 4.73 Å². The minimum absolute atomic E-state index is 0.414. The van der Waals surface area contributed by atoms with Crippen LogP contribution in [0.4, 0.5) is 0 Å². The first kappa shape index (κ1) is 20.0. The van der Waals surface area contributed by atoms with E-state index < -0.39 is 5.97 Å². The molecule has 30 heavy (non-hydrogen) atoms. The Bertz CT molecular complexity index is 1230. The summed E-state index contributed by atoms with van der Waals surface area (Å²) < 4.78 is 6.82. The van der Waals surface area contributed by atoms with Crippen LogP contribution in [-0.2, 0) is 6.42 Å². The van der Waals surface area contributed by atoms with Gasteiger partial charge in [-0.1, -0.05) is 36.7 Å². The number of aromatic nitrogens is 1. The maximum Gasteiger partial charge on any atom is 0.363 e. The van der Waals surface area contributed by atoms with Gasteiger partial charge >= 0.3 is 5.97 Å². The number of aryl methyl sites for hydroxylation is 2. The molecule has 0 saturated heterocycles. The van der Waals surface area contributed by atoms with Crippen LogP contribution in [-0.4, -0.2) is 17.8 Å². The molecule has 0 aliphatic carbocycles. The van der Waals surface area contributed by atoms with Crippen molar-refractivity contribution in [1.29, 1.82) is 0 Å². The zero-order valence-electron chi connectivity index (χ0n) is 17.1. The summed E-state index contributed by atoms with van der Waals surface area (Å²) in [5, 5.41) is 1.72. The molecular weight excluding hydrogens is 398 g/mol. The van der Waals surface area contributed by atoms with E-state index in [2.05, 4.69) is 13.0 Å². The third-order valence-electron chi connectivity index (χ3n) is 5.19. The Morgan fingerprint density at radius 1 is 0.967 bits per heavy atom. The lowest BCUT2D eigenvalue weighted by Gasteiger charge is -2.10. The molecule has 5 heteroatoms. The van der Waals surface area contributed by atoms with Gasteiger partial charge in [0.15, 0.2) is 0 Å². The van der Waals surface area contributed by atoms with Crippen LogP contribution >= 0.6 is 11.6 Å². The van der Waals surface area contributed by atoms with Gasteiger partial charge < -0.3 is 9.57 Å². The van der Waals surface area contributed by atoms with Gasteiger partial charge in [-0.15, -0.1) is 0 Å². The third-order valence-corrected chi connectivity index (χ3v) is 5.56. The van der Waals surface area contributed by atoms with Gasteiger partial charge in [0.1, 0.15) is 5.75 Å². The lowest BCUT2D eigenvalue weighted by Crippen LogP contribution is -2.20. The SMILES string of the molecule is CCc1cc(-c2ccc(C(=O)On3c(C)cc4cc(OC)ccc43)cc2)ccc1Cl. The van der Waals surface area contributed by atoms with Crippen molar-refractivity contribution in [2.24, 2.45) is 0 Å². The number of hydrogen-bond acceptors (Lipinski definition) is 3. The van der Waals surface area contributed by atoms with Crippen molar-refractivity contribution in [3.8, 4) is 16.9 Å². The number of carbonyl (C=O) groups excluding carboxylic acids is 1. The van der Waals surface area contributed by atoms with Gasteiger partial charge in [-0.25, -0.2) is 4.79 Å². The average molecular weight is 420 g/mol. The van der Waals surface area contributed by atoms with Gasteiger partial charge in [-0.05, 0) is 78.6 Å². The number of hydrogen-bond donors (Lipinski definition) is 0. The van der Waals surface area contributed by atoms with Crippen molar-refractivity contribution in [1.82, 2.24) is 4.73 Å². The van der Waals surface area contributed by atoms with E-state index in [-0.39, 0.29) is 0 Å². The fourth-order valence-electron chi connectivity index (χ4n) is 3.51. The number of rotatable bonds is 5. The summed E-state index contributed by atoms with van der Waals surface area (Å²) in [6.07, 6.45) is 0.868. The maximum atomic E-state index is 12.7.